The van der Waals surface area contributed by atoms with Crippen molar-refractivity contribution >= 4 is 39.5 Å². The summed E-state index contributed by atoms with van der Waals surface area (Å²) in [6.07, 6.45) is 5.87. The van der Waals surface area contributed by atoms with Gasteiger partial charge < -0.3 is 10.2 Å². The summed E-state index contributed by atoms with van der Waals surface area (Å²) in [5, 5.41) is 3.07. The lowest BCUT2D eigenvalue weighted by atomic mass is 9.94. The summed E-state index contributed by atoms with van der Waals surface area (Å²) in [4.78, 5) is 28.3. The number of thioether (sulfide) groups is 1. The number of hydrogen-bond donors (Lipinski definition) is 1. The van der Waals surface area contributed by atoms with Crippen LogP contribution in [0.15, 0.2) is 57.9 Å². The van der Waals surface area contributed by atoms with E-state index >= 15 is 0 Å². The number of hydrogen-bond acceptors (Lipinski definition) is 3. The number of carbonyl (C=O) groups excluding carboxylic acids is 2. The summed E-state index contributed by atoms with van der Waals surface area (Å²) in [6, 6.07) is 15.7. The molecular weight excluding hydrogens is 460 g/mol. The van der Waals surface area contributed by atoms with Gasteiger partial charge in [-0.05, 0) is 49.6 Å². The molecule has 2 aromatic carbocycles. The minimum atomic E-state index is -0.124. The number of amides is 2. The first-order valence-corrected chi connectivity index (χ1v) is 12.3. The highest BCUT2D eigenvalue weighted by Crippen LogP contribution is 2.26. The van der Waals surface area contributed by atoms with Crippen LogP contribution in [0.2, 0.25) is 0 Å². The topological polar surface area (TPSA) is 49.4 Å². The molecule has 1 aliphatic carbocycles. The van der Waals surface area contributed by atoms with Crippen LogP contribution >= 0.6 is 27.7 Å². The zero-order chi connectivity index (χ0) is 21.5. The largest absolute Gasteiger partial charge is 0.345 e. The molecule has 1 N–H and O–H groups in total. The number of benzene rings is 2. The van der Waals surface area contributed by atoms with E-state index in [9.17, 15) is 9.59 Å². The normalized spacial score (nSPS) is 15.4. The zero-order valence-corrected chi connectivity index (χ0v) is 20.0. The average Bonchev–Trinajstić information content (AvgIpc) is 2.78. The van der Waals surface area contributed by atoms with Crippen LogP contribution in [-0.2, 0) is 4.79 Å². The second kappa shape index (κ2) is 11.0. The van der Waals surface area contributed by atoms with Gasteiger partial charge in [-0.3, -0.25) is 9.59 Å². The Balaban J connectivity index is 1.61. The van der Waals surface area contributed by atoms with Gasteiger partial charge in [-0.25, -0.2) is 0 Å². The van der Waals surface area contributed by atoms with E-state index in [1.54, 1.807) is 0 Å². The van der Waals surface area contributed by atoms with Gasteiger partial charge in [-0.15, -0.1) is 11.8 Å². The summed E-state index contributed by atoms with van der Waals surface area (Å²) in [7, 11) is 1.91. The van der Waals surface area contributed by atoms with Crippen molar-refractivity contribution in [2.45, 2.75) is 56.0 Å². The molecule has 4 nitrogen and oxygen atoms in total. The first-order valence-electron chi connectivity index (χ1n) is 10.5. The molecular formula is C24H29BrN2O2S. The molecule has 0 saturated heterocycles. The van der Waals surface area contributed by atoms with Crippen LogP contribution in [0.25, 0.3) is 0 Å². The number of nitrogens with zero attached hydrogens (tertiary/aromatic N) is 1. The summed E-state index contributed by atoms with van der Waals surface area (Å²) in [5.41, 5.74) is 1.65. The molecule has 0 heterocycles. The van der Waals surface area contributed by atoms with Crippen molar-refractivity contribution in [2.75, 3.05) is 12.8 Å². The fourth-order valence-electron chi connectivity index (χ4n) is 3.80. The van der Waals surface area contributed by atoms with E-state index in [0.717, 1.165) is 27.8 Å². The van der Waals surface area contributed by atoms with Gasteiger partial charge in [-0.2, -0.15) is 0 Å². The predicted molar refractivity (Wildman–Crippen MR) is 127 cm³/mol. The highest BCUT2D eigenvalue weighted by Gasteiger charge is 2.22. The zero-order valence-electron chi connectivity index (χ0n) is 17.6. The van der Waals surface area contributed by atoms with Crippen LogP contribution in [-0.4, -0.2) is 35.6 Å². The van der Waals surface area contributed by atoms with Crippen molar-refractivity contribution in [1.82, 2.24) is 10.2 Å². The molecule has 1 unspecified atom stereocenters. The highest BCUT2D eigenvalue weighted by molar-refractivity contribution is 9.10. The number of halogens is 1. The second-order valence-corrected chi connectivity index (χ2v) is 9.76. The molecule has 0 spiro atoms. The van der Waals surface area contributed by atoms with Gasteiger partial charge in [0, 0.05) is 22.5 Å². The van der Waals surface area contributed by atoms with Crippen molar-refractivity contribution in [1.29, 1.82) is 0 Å². The molecule has 160 valence electrons. The SMILES string of the molecule is CC(NC(=O)c1ccccc1SCC(=O)N(C)C1CCCCC1)c1ccc(Br)cc1. The van der Waals surface area contributed by atoms with Gasteiger partial charge in [0.1, 0.15) is 0 Å². The Hall–Kier alpha value is -1.79. The third-order valence-electron chi connectivity index (χ3n) is 5.72. The Morgan fingerprint density at radius 3 is 2.47 bits per heavy atom. The Morgan fingerprint density at radius 2 is 1.77 bits per heavy atom. The van der Waals surface area contributed by atoms with Crippen LogP contribution in [0, 0.1) is 0 Å². The fourth-order valence-corrected chi connectivity index (χ4v) is 5.04. The van der Waals surface area contributed by atoms with E-state index in [1.165, 1.54) is 31.0 Å². The minimum Gasteiger partial charge on any atom is -0.345 e. The third kappa shape index (κ3) is 6.11. The first-order chi connectivity index (χ1) is 14.5. The quantitative estimate of drug-likeness (QED) is 0.499. The predicted octanol–water partition coefficient (Wildman–Crippen LogP) is 5.82. The van der Waals surface area contributed by atoms with Gasteiger partial charge in [-0.1, -0.05) is 59.5 Å². The summed E-state index contributed by atoms with van der Waals surface area (Å²) in [5.74, 6) is 0.353. The van der Waals surface area contributed by atoms with Gasteiger partial charge >= 0.3 is 0 Å². The summed E-state index contributed by atoms with van der Waals surface area (Å²) >= 11 is 4.88. The maximum Gasteiger partial charge on any atom is 0.252 e. The molecule has 30 heavy (non-hydrogen) atoms. The lowest BCUT2D eigenvalue weighted by Crippen LogP contribution is -2.39. The Morgan fingerprint density at radius 1 is 1.10 bits per heavy atom. The monoisotopic (exact) mass is 488 g/mol. The molecule has 1 saturated carbocycles. The molecule has 0 radical (unpaired) electrons. The fraction of sp³-hybridized carbons (Fsp3) is 0.417. The lowest BCUT2D eigenvalue weighted by molar-refractivity contribution is -0.129. The number of rotatable bonds is 7. The molecule has 0 bridgehead atoms. The van der Waals surface area contributed by atoms with Crippen molar-refractivity contribution in [3.63, 3.8) is 0 Å². The van der Waals surface area contributed by atoms with Gasteiger partial charge in [0.15, 0.2) is 0 Å². The number of carbonyl (C=O) groups is 2. The van der Waals surface area contributed by atoms with Crippen LogP contribution in [0.4, 0.5) is 0 Å². The highest BCUT2D eigenvalue weighted by atomic mass is 79.9. The van der Waals surface area contributed by atoms with Crippen LogP contribution < -0.4 is 5.32 Å². The molecule has 1 fully saturated rings. The van der Waals surface area contributed by atoms with E-state index in [2.05, 4.69) is 21.2 Å². The first kappa shape index (κ1) is 22.9. The molecule has 3 rings (SSSR count). The maximum atomic E-state index is 12.9. The van der Waals surface area contributed by atoms with Gasteiger partial charge in [0.2, 0.25) is 5.91 Å². The van der Waals surface area contributed by atoms with Crippen molar-refractivity contribution in [3.8, 4) is 0 Å². The second-order valence-electron chi connectivity index (χ2n) is 7.83. The molecule has 0 aromatic heterocycles. The van der Waals surface area contributed by atoms with E-state index in [-0.39, 0.29) is 17.9 Å². The van der Waals surface area contributed by atoms with Gasteiger partial charge in [0.25, 0.3) is 5.91 Å². The molecule has 0 aliphatic heterocycles. The Labute approximate surface area is 191 Å². The molecule has 2 aromatic rings. The Kier molecular flexibility index (Phi) is 8.40. The minimum absolute atomic E-state index is 0.109. The van der Waals surface area contributed by atoms with Crippen LogP contribution in [0.1, 0.15) is 61.0 Å². The molecule has 6 heteroatoms. The standard InChI is InChI=1S/C24H29BrN2O2S/c1-17(18-12-14-19(25)15-13-18)26-24(29)21-10-6-7-11-22(21)30-16-23(28)27(2)20-8-4-3-5-9-20/h6-7,10-15,17,20H,3-5,8-9,16H2,1-2H3,(H,26,29). The third-order valence-corrected chi connectivity index (χ3v) is 7.30. The Bertz CT molecular complexity index is 866. The maximum absolute atomic E-state index is 12.9. The van der Waals surface area contributed by atoms with E-state index < -0.39 is 0 Å². The summed E-state index contributed by atoms with van der Waals surface area (Å²) in [6.45, 7) is 1.97. The van der Waals surface area contributed by atoms with Gasteiger partial charge in [0.05, 0.1) is 17.4 Å². The van der Waals surface area contributed by atoms with Crippen LogP contribution in [0.3, 0.4) is 0 Å². The molecule has 2 amide bonds. The van der Waals surface area contributed by atoms with Crippen molar-refractivity contribution < 1.29 is 9.59 Å². The van der Waals surface area contributed by atoms with Crippen molar-refractivity contribution in [2.24, 2.45) is 0 Å². The lowest BCUT2D eigenvalue weighted by Gasteiger charge is -2.31. The van der Waals surface area contributed by atoms with Crippen LogP contribution in [0.5, 0.6) is 0 Å². The number of nitrogens with one attached hydrogen (secondary N) is 1. The average molecular weight is 489 g/mol. The van der Waals surface area contributed by atoms with Crippen molar-refractivity contribution in [3.05, 3.63) is 64.1 Å². The molecule has 1 aliphatic rings. The van der Waals surface area contributed by atoms with E-state index in [0.29, 0.717) is 17.4 Å². The van der Waals surface area contributed by atoms with E-state index in [4.69, 9.17) is 0 Å². The summed E-state index contributed by atoms with van der Waals surface area (Å²) < 4.78 is 1.01. The van der Waals surface area contributed by atoms with E-state index in [1.807, 2.05) is 67.4 Å². The molecule has 1 atom stereocenters. The smallest absolute Gasteiger partial charge is 0.252 e.